The normalized spacial score (nSPS) is 11.8. The van der Waals surface area contributed by atoms with E-state index in [-0.39, 0.29) is 5.78 Å². The van der Waals surface area contributed by atoms with E-state index >= 15 is 0 Å². The third kappa shape index (κ3) is 5.21. The Bertz CT molecular complexity index is 377. The summed E-state index contributed by atoms with van der Waals surface area (Å²) in [6.45, 7) is 11.3. The second-order valence-corrected chi connectivity index (χ2v) is 7.27. The van der Waals surface area contributed by atoms with E-state index in [0.717, 1.165) is 22.4 Å². The maximum Gasteiger partial charge on any atom is 0.187 e. The van der Waals surface area contributed by atoms with Crippen molar-refractivity contribution in [2.24, 2.45) is 11.8 Å². The molecule has 0 unspecified atom stereocenters. The average molecular weight is 332 g/mol. The van der Waals surface area contributed by atoms with Gasteiger partial charge in [0.25, 0.3) is 0 Å². The van der Waals surface area contributed by atoms with Crippen LogP contribution in [-0.2, 0) is 0 Å². The highest BCUT2D eigenvalue weighted by atomic mass is 79.9. The highest BCUT2D eigenvalue weighted by molar-refractivity contribution is 9.10. The van der Waals surface area contributed by atoms with Crippen LogP contribution in [0.25, 0.3) is 0 Å². The Kier molecular flexibility index (Phi) is 6.53. The van der Waals surface area contributed by atoms with Crippen molar-refractivity contribution in [2.75, 3.05) is 19.6 Å². The lowest BCUT2D eigenvalue weighted by Gasteiger charge is -2.25. The van der Waals surface area contributed by atoms with E-state index in [4.69, 9.17) is 0 Å². The molecule has 0 saturated heterocycles. The summed E-state index contributed by atoms with van der Waals surface area (Å²) in [4.78, 5) is 15.3. The number of Topliss-reactive ketones (excluding diaryl/α,β-unsaturated/α-hetero) is 1. The lowest BCUT2D eigenvalue weighted by atomic mass is 10.1. The molecule has 0 radical (unpaired) electrons. The molecule has 1 aromatic rings. The second-order valence-electron chi connectivity index (χ2n) is 5.50. The molecule has 0 spiro atoms. The van der Waals surface area contributed by atoms with Crippen molar-refractivity contribution in [3.05, 3.63) is 20.8 Å². The summed E-state index contributed by atoms with van der Waals surface area (Å²) in [6.07, 6.45) is 0. The third-order valence-electron chi connectivity index (χ3n) is 2.48. The number of carbonyl (C=O) groups is 1. The van der Waals surface area contributed by atoms with Gasteiger partial charge in [0, 0.05) is 17.6 Å². The van der Waals surface area contributed by atoms with Gasteiger partial charge in [-0.25, -0.2) is 0 Å². The van der Waals surface area contributed by atoms with Crippen LogP contribution in [0.5, 0.6) is 0 Å². The Labute approximate surface area is 123 Å². The minimum absolute atomic E-state index is 0.221. The number of rotatable bonds is 7. The SMILES string of the molecule is CC(C)CN(CC(=O)c1sccc1Br)CC(C)C. The number of hydrogen-bond donors (Lipinski definition) is 0. The summed E-state index contributed by atoms with van der Waals surface area (Å²) in [7, 11) is 0. The zero-order valence-corrected chi connectivity index (χ0v) is 14.0. The quantitative estimate of drug-likeness (QED) is 0.694. The maximum absolute atomic E-state index is 12.2. The number of thiophene rings is 1. The van der Waals surface area contributed by atoms with E-state index in [1.807, 2.05) is 11.4 Å². The van der Waals surface area contributed by atoms with E-state index in [1.165, 1.54) is 11.3 Å². The van der Waals surface area contributed by atoms with Gasteiger partial charge in [0.15, 0.2) is 5.78 Å². The van der Waals surface area contributed by atoms with Gasteiger partial charge in [0.05, 0.1) is 11.4 Å². The minimum atomic E-state index is 0.221. The molecule has 0 amide bonds. The molecule has 2 nitrogen and oxygen atoms in total. The van der Waals surface area contributed by atoms with E-state index in [0.29, 0.717) is 18.4 Å². The van der Waals surface area contributed by atoms with Crippen molar-refractivity contribution in [2.45, 2.75) is 27.7 Å². The highest BCUT2D eigenvalue weighted by Crippen LogP contribution is 2.23. The number of ketones is 1. The molecule has 1 heterocycles. The van der Waals surface area contributed by atoms with Crippen LogP contribution in [0.3, 0.4) is 0 Å². The van der Waals surface area contributed by atoms with Gasteiger partial charge in [-0.1, -0.05) is 27.7 Å². The predicted molar refractivity (Wildman–Crippen MR) is 82.5 cm³/mol. The summed E-state index contributed by atoms with van der Waals surface area (Å²) in [6, 6.07) is 1.94. The fourth-order valence-corrected chi connectivity index (χ4v) is 3.53. The molecule has 0 bridgehead atoms. The van der Waals surface area contributed by atoms with Crippen LogP contribution in [0, 0.1) is 11.8 Å². The van der Waals surface area contributed by atoms with Crippen molar-refractivity contribution in [1.29, 1.82) is 0 Å². The van der Waals surface area contributed by atoms with Gasteiger partial charge in [0.1, 0.15) is 0 Å². The van der Waals surface area contributed by atoms with Crippen LogP contribution in [-0.4, -0.2) is 30.3 Å². The van der Waals surface area contributed by atoms with E-state index in [2.05, 4.69) is 48.5 Å². The van der Waals surface area contributed by atoms with Gasteiger partial charge < -0.3 is 0 Å². The van der Waals surface area contributed by atoms with Gasteiger partial charge in [0.2, 0.25) is 0 Å². The maximum atomic E-state index is 12.2. The van der Waals surface area contributed by atoms with E-state index in [9.17, 15) is 4.79 Å². The fraction of sp³-hybridized carbons (Fsp3) is 0.643. The van der Waals surface area contributed by atoms with E-state index < -0.39 is 0 Å². The highest BCUT2D eigenvalue weighted by Gasteiger charge is 2.17. The summed E-state index contributed by atoms with van der Waals surface area (Å²) < 4.78 is 0.923. The first kappa shape index (κ1) is 15.9. The van der Waals surface area contributed by atoms with Crippen LogP contribution in [0.1, 0.15) is 37.4 Å². The van der Waals surface area contributed by atoms with Crippen molar-refractivity contribution >= 4 is 33.0 Å². The Hall–Kier alpha value is -0.190. The van der Waals surface area contributed by atoms with Crippen LogP contribution >= 0.6 is 27.3 Å². The van der Waals surface area contributed by atoms with Crippen LogP contribution in [0.2, 0.25) is 0 Å². The molecule has 0 aliphatic heterocycles. The number of carbonyl (C=O) groups excluding carboxylic acids is 1. The molecule has 0 aliphatic carbocycles. The Morgan fingerprint density at radius 3 is 2.22 bits per heavy atom. The Balaban J connectivity index is 2.65. The molecule has 0 atom stereocenters. The second kappa shape index (κ2) is 7.41. The van der Waals surface area contributed by atoms with Crippen molar-refractivity contribution in [3.8, 4) is 0 Å². The van der Waals surface area contributed by atoms with Crippen LogP contribution in [0.15, 0.2) is 15.9 Å². The lowest BCUT2D eigenvalue weighted by Crippen LogP contribution is -2.35. The summed E-state index contributed by atoms with van der Waals surface area (Å²) in [5.41, 5.74) is 0. The first-order chi connectivity index (χ1) is 8.40. The molecule has 0 saturated carbocycles. The summed E-state index contributed by atoms with van der Waals surface area (Å²) >= 11 is 4.94. The molecule has 0 N–H and O–H groups in total. The molecule has 0 fully saturated rings. The zero-order chi connectivity index (χ0) is 13.7. The number of nitrogens with zero attached hydrogens (tertiary/aromatic N) is 1. The summed E-state index contributed by atoms with van der Waals surface area (Å²) in [5, 5.41) is 1.95. The molecular formula is C14H22BrNOS. The average Bonchev–Trinajstić information content (AvgIpc) is 2.61. The van der Waals surface area contributed by atoms with Crippen LogP contribution < -0.4 is 0 Å². The Morgan fingerprint density at radius 1 is 1.28 bits per heavy atom. The first-order valence-electron chi connectivity index (χ1n) is 6.38. The topological polar surface area (TPSA) is 20.3 Å². The van der Waals surface area contributed by atoms with Crippen LogP contribution in [0.4, 0.5) is 0 Å². The molecule has 1 rings (SSSR count). The monoisotopic (exact) mass is 331 g/mol. The van der Waals surface area contributed by atoms with Crippen molar-refractivity contribution < 1.29 is 4.79 Å². The molecule has 0 aromatic carbocycles. The smallest absolute Gasteiger partial charge is 0.187 e. The van der Waals surface area contributed by atoms with Gasteiger partial charge in [-0.2, -0.15) is 0 Å². The first-order valence-corrected chi connectivity index (χ1v) is 8.06. The molecule has 18 heavy (non-hydrogen) atoms. The molecule has 102 valence electrons. The number of hydrogen-bond acceptors (Lipinski definition) is 3. The number of halogens is 1. The predicted octanol–water partition coefficient (Wildman–Crippen LogP) is 4.31. The van der Waals surface area contributed by atoms with Crippen molar-refractivity contribution in [3.63, 3.8) is 0 Å². The molecule has 4 heteroatoms. The fourth-order valence-electron chi connectivity index (χ4n) is 2.00. The largest absolute Gasteiger partial charge is 0.295 e. The minimum Gasteiger partial charge on any atom is -0.295 e. The molecule has 1 aromatic heterocycles. The third-order valence-corrected chi connectivity index (χ3v) is 4.36. The van der Waals surface area contributed by atoms with Crippen molar-refractivity contribution in [1.82, 2.24) is 4.90 Å². The summed E-state index contributed by atoms with van der Waals surface area (Å²) in [5.74, 6) is 1.39. The van der Waals surface area contributed by atoms with Gasteiger partial charge in [-0.15, -0.1) is 11.3 Å². The standard InChI is InChI=1S/C14H22BrNOS/c1-10(2)7-16(8-11(3)4)9-13(17)14-12(15)5-6-18-14/h5-6,10-11H,7-9H2,1-4H3. The van der Waals surface area contributed by atoms with Gasteiger partial charge >= 0.3 is 0 Å². The molecule has 0 aliphatic rings. The van der Waals surface area contributed by atoms with Gasteiger partial charge in [-0.05, 0) is 39.2 Å². The van der Waals surface area contributed by atoms with Gasteiger partial charge in [-0.3, -0.25) is 9.69 Å². The zero-order valence-electron chi connectivity index (χ0n) is 11.6. The van der Waals surface area contributed by atoms with E-state index in [1.54, 1.807) is 0 Å². The lowest BCUT2D eigenvalue weighted by molar-refractivity contribution is 0.0915. The molecular weight excluding hydrogens is 310 g/mol. The Morgan fingerprint density at radius 2 is 1.83 bits per heavy atom.